The van der Waals surface area contributed by atoms with Crippen LogP contribution in [0, 0.1) is 21.4 Å². The van der Waals surface area contributed by atoms with Crippen molar-refractivity contribution in [1.29, 1.82) is 5.26 Å². The van der Waals surface area contributed by atoms with Gasteiger partial charge in [0.1, 0.15) is 6.04 Å². The number of ether oxygens (including phenoxy) is 1. The fraction of sp³-hybridized carbons (Fsp3) is 0.500. The van der Waals surface area contributed by atoms with Crippen LogP contribution in [0.1, 0.15) is 11.6 Å². The number of morpholine rings is 1. The van der Waals surface area contributed by atoms with E-state index in [-0.39, 0.29) is 5.69 Å². The van der Waals surface area contributed by atoms with E-state index in [2.05, 4.69) is 16.3 Å². The third-order valence-electron chi connectivity index (χ3n) is 3.45. The number of hydrogen-bond acceptors (Lipinski definition) is 6. The summed E-state index contributed by atoms with van der Waals surface area (Å²) in [4.78, 5) is 12.8. The molecule has 1 aliphatic rings. The summed E-state index contributed by atoms with van der Waals surface area (Å²) in [5.74, 6) is 0. The van der Waals surface area contributed by atoms with Gasteiger partial charge in [-0.25, -0.2) is 0 Å². The molecule has 0 aromatic heterocycles. The molecule has 1 aliphatic heterocycles. The Morgan fingerprint density at radius 3 is 2.81 bits per heavy atom. The zero-order chi connectivity index (χ0) is 15.1. The lowest BCUT2D eigenvalue weighted by Crippen LogP contribution is -2.40. The van der Waals surface area contributed by atoms with Crippen LogP contribution in [-0.4, -0.2) is 49.2 Å². The monoisotopic (exact) mass is 290 g/mol. The van der Waals surface area contributed by atoms with Gasteiger partial charge in [0.25, 0.3) is 5.69 Å². The average Bonchev–Trinajstić information content (AvgIpc) is 2.52. The molecule has 1 aromatic carbocycles. The van der Waals surface area contributed by atoms with Crippen molar-refractivity contribution in [3.63, 3.8) is 0 Å². The SMILES string of the molecule is N#CC(NCCN1CCOCC1)c1ccccc1[N+](=O)[O-]. The Labute approximate surface area is 123 Å². The molecule has 0 saturated carbocycles. The first kappa shape index (κ1) is 15.4. The van der Waals surface area contributed by atoms with E-state index in [0.29, 0.717) is 12.1 Å². The molecule has 0 radical (unpaired) electrons. The molecule has 21 heavy (non-hydrogen) atoms. The van der Waals surface area contributed by atoms with E-state index in [1.165, 1.54) is 6.07 Å². The van der Waals surface area contributed by atoms with Crippen LogP contribution >= 0.6 is 0 Å². The lowest BCUT2D eigenvalue weighted by Gasteiger charge is -2.26. The fourth-order valence-corrected chi connectivity index (χ4v) is 2.31. The molecule has 0 spiro atoms. The van der Waals surface area contributed by atoms with Crippen molar-refractivity contribution in [2.75, 3.05) is 39.4 Å². The van der Waals surface area contributed by atoms with Crippen molar-refractivity contribution in [3.05, 3.63) is 39.9 Å². The smallest absolute Gasteiger partial charge is 0.275 e. The molecule has 2 rings (SSSR count). The number of nitro groups is 1. The Morgan fingerprint density at radius 2 is 2.14 bits per heavy atom. The number of nitriles is 1. The minimum atomic E-state index is -0.673. The van der Waals surface area contributed by atoms with E-state index in [0.717, 1.165) is 32.8 Å². The molecule has 1 fully saturated rings. The van der Waals surface area contributed by atoms with Crippen LogP contribution < -0.4 is 5.32 Å². The lowest BCUT2D eigenvalue weighted by molar-refractivity contribution is -0.385. The molecule has 1 aromatic rings. The van der Waals surface area contributed by atoms with Gasteiger partial charge in [0.15, 0.2) is 0 Å². The van der Waals surface area contributed by atoms with Crippen LogP contribution in [0.5, 0.6) is 0 Å². The predicted molar refractivity (Wildman–Crippen MR) is 76.7 cm³/mol. The third-order valence-corrected chi connectivity index (χ3v) is 3.45. The lowest BCUT2D eigenvalue weighted by atomic mass is 10.1. The largest absolute Gasteiger partial charge is 0.379 e. The normalized spacial score (nSPS) is 17.1. The molecule has 1 N–H and O–H groups in total. The summed E-state index contributed by atoms with van der Waals surface area (Å²) >= 11 is 0. The molecular weight excluding hydrogens is 272 g/mol. The maximum absolute atomic E-state index is 11.0. The van der Waals surface area contributed by atoms with Gasteiger partial charge in [-0.1, -0.05) is 12.1 Å². The first-order chi connectivity index (χ1) is 10.2. The Balaban J connectivity index is 1.94. The van der Waals surface area contributed by atoms with E-state index in [1.807, 2.05) is 0 Å². The molecule has 0 bridgehead atoms. The molecule has 1 unspecified atom stereocenters. The van der Waals surface area contributed by atoms with Crippen LogP contribution in [-0.2, 0) is 4.74 Å². The number of rotatable bonds is 6. The standard InChI is InChI=1S/C14H18N4O3/c15-11-13(12-3-1-2-4-14(12)18(19)20)16-5-6-17-7-9-21-10-8-17/h1-4,13,16H,5-10H2. The van der Waals surface area contributed by atoms with Crippen LogP contribution in [0.4, 0.5) is 5.69 Å². The zero-order valence-electron chi connectivity index (χ0n) is 11.7. The summed E-state index contributed by atoms with van der Waals surface area (Å²) in [6.45, 7) is 4.61. The van der Waals surface area contributed by atoms with Crippen molar-refractivity contribution in [2.24, 2.45) is 0 Å². The van der Waals surface area contributed by atoms with Gasteiger partial charge in [-0.2, -0.15) is 5.26 Å². The van der Waals surface area contributed by atoms with E-state index >= 15 is 0 Å². The second kappa shape index (κ2) is 7.69. The summed E-state index contributed by atoms with van der Waals surface area (Å²) in [6, 6.07) is 7.76. The van der Waals surface area contributed by atoms with Crippen LogP contribution in [0.3, 0.4) is 0 Å². The van der Waals surface area contributed by atoms with Crippen molar-refractivity contribution >= 4 is 5.69 Å². The second-order valence-corrected chi connectivity index (χ2v) is 4.79. The van der Waals surface area contributed by atoms with Crippen molar-refractivity contribution in [2.45, 2.75) is 6.04 Å². The van der Waals surface area contributed by atoms with Crippen molar-refractivity contribution < 1.29 is 9.66 Å². The topological polar surface area (TPSA) is 91.4 Å². The van der Waals surface area contributed by atoms with E-state index in [9.17, 15) is 15.4 Å². The van der Waals surface area contributed by atoms with Crippen LogP contribution in [0.15, 0.2) is 24.3 Å². The number of para-hydroxylation sites is 1. The van der Waals surface area contributed by atoms with Gasteiger partial charge in [0.2, 0.25) is 0 Å². The summed E-state index contributed by atoms with van der Waals surface area (Å²) in [7, 11) is 0. The summed E-state index contributed by atoms with van der Waals surface area (Å²) in [5.41, 5.74) is 0.384. The first-order valence-corrected chi connectivity index (χ1v) is 6.89. The quantitative estimate of drug-likeness (QED) is 0.622. The molecule has 7 nitrogen and oxygen atoms in total. The average molecular weight is 290 g/mol. The number of nitrogens with one attached hydrogen (secondary N) is 1. The highest BCUT2D eigenvalue weighted by molar-refractivity contribution is 5.44. The summed E-state index contributed by atoms with van der Waals surface area (Å²) in [5, 5.41) is 23.3. The van der Waals surface area contributed by atoms with Crippen LogP contribution in [0.25, 0.3) is 0 Å². The maximum atomic E-state index is 11.0. The number of nitro benzene ring substituents is 1. The number of benzene rings is 1. The highest BCUT2D eigenvalue weighted by Crippen LogP contribution is 2.24. The molecule has 7 heteroatoms. The van der Waals surface area contributed by atoms with E-state index in [1.54, 1.807) is 18.2 Å². The Bertz CT molecular complexity index is 523. The van der Waals surface area contributed by atoms with Gasteiger partial charge in [-0.15, -0.1) is 0 Å². The molecule has 1 heterocycles. The molecule has 112 valence electrons. The highest BCUT2D eigenvalue weighted by atomic mass is 16.6. The van der Waals surface area contributed by atoms with Gasteiger partial charge >= 0.3 is 0 Å². The Morgan fingerprint density at radius 1 is 1.43 bits per heavy atom. The molecule has 1 atom stereocenters. The Kier molecular flexibility index (Phi) is 5.63. The predicted octanol–water partition coefficient (Wildman–Crippen LogP) is 1.08. The molecular formula is C14H18N4O3. The third kappa shape index (κ3) is 4.23. The van der Waals surface area contributed by atoms with Gasteiger partial charge in [0, 0.05) is 32.2 Å². The molecule has 0 amide bonds. The van der Waals surface area contributed by atoms with Gasteiger partial charge in [-0.05, 0) is 6.07 Å². The number of hydrogen-bond donors (Lipinski definition) is 1. The minimum Gasteiger partial charge on any atom is -0.379 e. The van der Waals surface area contributed by atoms with Gasteiger partial charge < -0.3 is 4.74 Å². The second-order valence-electron chi connectivity index (χ2n) is 4.79. The highest BCUT2D eigenvalue weighted by Gasteiger charge is 2.21. The van der Waals surface area contributed by atoms with Crippen molar-refractivity contribution in [1.82, 2.24) is 10.2 Å². The summed E-state index contributed by atoms with van der Waals surface area (Å²) in [6.07, 6.45) is 0. The molecule has 0 aliphatic carbocycles. The van der Waals surface area contributed by atoms with Crippen molar-refractivity contribution in [3.8, 4) is 6.07 Å². The first-order valence-electron chi connectivity index (χ1n) is 6.89. The zero-order valence-corrected chi connectivity index (χ0v) is 11.7. The fourth-order valence-electron chi connectivity index (χ4n) is 2.31. The number of nitrogens with zero attached hydrogens (tertiary/aromatic N) is 3. The maximum Gasteiger partial charge on any atom is 0.275 e. The van der Waals surface area contributed by atoms with Gasteiger partial charge in [0.05, 0.1) is 29.8 Å². The Hall–Kier alpha value is -2.01. The van der Waals surface area contributed by atoms with E-state index in [4.69, 9.17) is 4.74 Å². The van der Waals surface area contributed by atoms with Gasteiger partial charge in [-0.3, -0.25) is 20.3 Å². The van der Waals surface area contributed by atoms with E-state index < -0.39 is 11.0 Å². The van der Waals surface area contributed by atoms with Crippen LogP contribution in [0.2, 0.25) is 0 Å². The summed E-state index contributed by atoms with van der Waals surface area (Å²) < 4.78 is 5.27. The minimum absolute atomic E-state index is 0.0251. The molecule has 1 saturated heterocycles.